The fraction of sp³-hybridized carbons (Fsp3) is 0.500. The van der Waals surface area contributed by atoms with Crippen molar-refractivity contribution in [1.29, 1.82) is 0 Å². The summed E-state index contributed by atoms with van der Waals surface area (Å²) < 4.78 is 1.94. The Morgan fingerprint density at radius 2 is 2.21 bits per heavy atom. The zero-order chi connectivity index (χ0) is 16.5. The van der Waals surface area contributed by atoms with Gasteiger partial charge >= 0.3 is 0 Å². The summed E-state index contributed by atoms with van der Waals surface area (Å²) in [6, 6.07) is 6.56. The average molecular weight is 462 g/mol. The Morgan fingerprint density at radius 1 is 1.38 bits per heavy atom. The van der Waals surface area contributed by atoms with E-state index < -0.39 is 0 Å². The molecule has 0 aliphatic carbocycles. The zero-order valence-electron chi connectivity index (χ0n) is 14.5. The van der Waals surface area contributed by atoms with Crippen LogP contribution in [0.3, 0.4) is 0 Å². The molecular weight excluding hydrogens is 435 g/mol. The quantitative estimate of drug-likeness (QED) is 0.274. The van der Waals surface area contributed by atoms with E-state index in [0.717, 1.165) is 32.0 Å². The molecule has 0 bridgehead atoms. The van der Waals surface area contributed by atoms with Crippen molar-refractivity contribution in [3.05, 3.63) is 40.8 Å². The van der Waals surface area contributed by atoms with Crippen LogP contribution in [0.4, 0.5) is 0 Å². The van der Waals surface area contributed by atoms with Gasteiger partial charge in [-0.2, -0.15) is 5.10 Å². The van der Waals surface area contributed by atoms with Crippen molar-refractivity contribution in [2.24, 2.45) is 4.99 Å². The van der Waals surface area contributed by atoms with E-state index in [9.17, 15) is 0 Å². The lowest BCUT2D eigenvalue weighted by Gasteiger charge is -2.24. The minimum Gasteiger partial charge on any atom is -0.356 e. The Morgan fingerprint density at radius 3 is 2.79 bits per heavy atom. The smallest absolute Gasteiger partial charge is 0.191 e. The molecule has 0 amide bonds. The molecule has 0 aromatic carbocycles. The summed E-state index contributed by atoms with van der Waals surface area (Å²) in [5.74, 6) is 0.842. The third-order valence-corrected chi connectivity index (χ3v) is 4.57. The lowest BCUT2D eigenvalue weighted by Crippen LogP contribution is -2.42. The minimum atomic E-state index is 0. The van der Waals surface area contributed by atoms with Crippen LogP contribution in [0.5, 0.6) is 0 Å². The molecule has 24 heavy (non-hydrogen) atoms. The highest BCUT2D eigenvalue weighted by atomic mass is 127. The Hall–Kier alpha value is -1.13. The molecule has 0 saturated carbocycles. The predicted molar refractivity (Wildman–Crippen MR) is 112 cm³/mol. The molecule has 134 valence electrons. The molecule has 0 saturated heterocycles. The number of guanidine groups is 1. The molecule has 0 fully saturated rings. The van der Waals surface area contributed by atoms with E-state index in [1.54, 1.807) is 24.6 Å². The molecule has 0 aliphatic rings. The van der Waals surface area contributed by atoms with Crippen LogP contribution in [0.2, 0.25) is 0 Å². The van der Waals surface area contributed by atoms with Crippen LogP contribution < -0.4 is 10.6 Å². The van der Waals surface area contributed by atoms with Crippen LogP contribution in [0.15, 0.2) is 41.0 Å². The zero-order valence-corrected chi connectivity index (χ0v) is 17.6. The summed E-state index contributed by atoms with van der Waals surface area (Å²) in [7, 11) is 6.01. The highest BCUT2D eigenvalue weighted by Gasteiger charge is 2.15. The van der Waals surface area contributed by atoms with Gasteiger partial charge in [0, 0.05) is 44.0 Å². The van der Waals surface area contributed by atoms with Gasteiger partial charge in [-0.1, -0.05) is 6.07 Å². The standard InChI is InChI=1S/C16H26N6S.HI/c1-17-16(18-8-5-10-22-11-6-9-20-22)19-13-14(21(2)3)15-7-4-12-23-15;/h4,6-7,9,11-12,14H,5,8,10,13H2,1-3H3,(H2,17,18,19);1H. The Balaban J connectivity index is 0.00000288. The highest BCUT2D eigenvalue weighted by molar-refractivity contribution is 14.0. The molecule has 0 aliphatic heterocycles. The summed E-state index contributed by atoms with van der Waals surface area (Å²) in [4.78, 5) is 7.88. The fourth-order valence-corrected chi connectivity index (χ4v) is 3.24. The van der Waals surface area contributed by atoms with Crippen molar-refractivity contribution in [2.75, 3.05) is 34.2 Å². The number of hydrogen-bond acceptors (Lipinski definition) is 4. The largest absolute Gasteiger partial charge is 0.356 e. The maximum Gasteiger partial charge on any atom is 0.191 e. The van der Waals surface area contributed by atoms with Crippen LogP contribution in [-0.2, 0) is 6.54 Å². The van der Waals surface area contributed by atoms with E-state index in [2.05, 4.69) is 57.2 Å². The number of hydrogen-bond donors (Lipinski definition) is 2. The molecule has 2 N–H and O–H groups in total. The third-order valence-electron chi connectivity index (χ3n) is 3.60. The van der Waals surface area contributed by atoms with Crippen LogP contribution in [0.1, 0.15) is 17.3 Å². The van der Waals surface area contributed by atoms with Crippen molar-refractivity contribution in [1.82, 2.24) is 25.3 Å². The summed E-state index contributed by atoms with van der Waals surface area (Å²) in [5.41, 5.74) is 0. The number of aliphatic imine (C=N–C) groups is 1. The first-order valence-corrected chi connectivity index (χ1v) is 8.70. The minimum absolute atomic E-state index is 0. The van der Waals surface area contributed by atoms with Gasteiger partial charge in [0.05, 0.1) is 6.04 Å². The van der Waals surface area contributed by atoms with Crippen LogP contribution in [0, 0.1) is 0 Å². The number of nitrogens with zero attached hydrogens (tertiary/aromatic N) is 4. The number of aryl methyl sites for hydroxylation is 1. The summed E-state index contributed by atoms with van der Waals surface area (Å²) in [6.07, 6.45) is 4.79. The molecule has 2 rings (SSSR count). The number of thiophene rings is 1. The van der Waals surface area contributed by atoms with Crippen LogP contribution in [-0.4, -0.2) is 54.9 Å². The monoisotopic (exact) mass is 462 g/mol. The van der Waals surface area contributed by atoms with Crippen LogP contribution in [0.25, 0.3) is 0 Å². The molecule has 1 unspecified atom stereocenters. The second-order valence-corrected chi connectivity index (χ2v) is 6.48. The van der Waals surface area contributed by atoms with Gasteiger partial charge in [-0.3, -0.25) is 9.67 Å². The number of aromatic nitrogens is 2. The summed E-state index contributed by atoms with van der Waals surface area (Å²) in [5, 5.41) is 13.1. The fourth-order valence-electron chi connectivity index (χ4n) is 2.31. The lowest BCUT2D eigenvalue weighted by atomic mass is 10.2. The van der Waals surface area contributed by atoms with Gasteiger partial charge in [-0.05, 0) is 38.0 Å². The molecule has 6 nitrogen and oxygen atoms in total. The van der Waals surface area contributed by atoms with Gasteiger partial charge in [0.2, 0.25) is 0 Å². The first-order chi connectivity index (χ1) is 11.2. The molecule has 1 atom stereocenters. The number of nitrogens with one attached hydrogen (secondary N) is 2. The molecule has 0 spiro atoms. The Kier molecular flexibility index (Phi) is 9.96. The summed E-state index contributed by atoms with van der Waals surface area (Å²) in [6.45, 7) is 2.60. The molecule has 2 aromatic heterocycles. The van der Waals surface area contributed by atoms with E-state index in [1.807, 2.05) is 16.9 Å². The predicted octanol–water partition coefficient (Wildman–Crippen LogP) is 2.42. The summed E-state index contributed by atoms with van der Waals surface area (Å²) >= 11 is 1.79. The van der Waals surface area contributed by atoms with Crippen molar-refractivity contribution in [3.63, 3.8) is 0 Å². The Labute approximate surface area is 165 Å². The SMILES string of the molecule is CN=C(NCCCn1cccn1)NCC(c1cccs1)N(C)C.I. The van der Waals surface area contributed by atoms with Gasteiger partial charge in [0.25, 0.3) is 0 Å². The molecule has 0 radical (unpaired) electrons. The van der Waals surface area contributed by atoms with Crippen molar-refractivity contribution >= 4 is 41.3 Å². The topological polar surface area (TPSA) is 57.5 Å². The van der Waals surface area contributed by atoms with E-state index in [-0.39, 0.29) is 24.0 Å². The molecule has 2 heterocycles. The maximum atomic E-state index is 4.29. The second kappa shape index (κ2) is 11.4. The number of likely N-dealkylation sites (N-methyl/N-ethyl adjacent to an activating group) is 1. The molecule has 8 heteroatoms. The van der Waals surface area contributed by atoms with Gasteiger partial charge in [0.1, 0.15) is 0 Å². The van der Waals surface area contributed by atoms with Gasteiger partial charge in [-0.15, -0.1) is 35.3 Å². The number of halogens is 1. The van der Waals surface area contributed by atoms with E-state index in [4.69, 9.17) is 0 Å². The third kappa shape index (κ3) is 6.78. The Bertz CT molecular complexity index is 567. The normalized spacial score (nSPS) is 12.8. The number of rotatable bonds is 8. The van der Waals surface area contributed by atoms with Gasteiger partial charge in [0.15, 0.2) is 5.96 Å². The maximum absolute atomic E-state index is 4.29. The lowest BCUT2D eigenvalue weighted by molar-refractivity contribution is 0.302. The van der Waals surface area contributed by atoms with E-state index in [1.165, 1.54) is 4.88 Å². The van der Waals surface area contributed by atoms with Crippen molar-refractivity contribution in [2.45, 2.75) is 19.0 Å². The average Bonchev–Trinajstić information content (AvgIpc) is 3.22. The van der Waals surface area contributed by atoms with Crippen molar-refractivity contribution < 1.29 is 0 Å². The van der Waals surface area contributed by atoms with Gasteiger partial charge in [-0.25, -0.2) is 0 Å². The van der Waals surface area contributed by atoms with E-state index >= 15 is 0 Å². The first kappa shape index (κ1) is 20.9. The van der Waals surface area contributed by atoms with Crippen LogP contribution >= 0.6 is 35.3 Å². The van der Waals surface area contributed by atoms with Crippen molar-refractivity contribution in [3.8, 4) is 0 Å². The molecule has 2 aromatic rings. The first-order valence-electron chi connectivity index (χ1n) is 7.82. The highest BCUT2D eigenvalue weighted by Crippen LogP contribution is 2.22. The van der Waals surface area contributed by atoms with E-state index in [0.29, 0.717) is 6.04 Å². The second-order valence-electron chi connectivity index (χ2n) is 5.50. The van der Waals surface area contributed by atoms with Gasteiger partial charge < -0.3 is 15.5 Å². The molecular formula is C16H27IN6S.